The maximum Gasteiger partial charge on any atom is 0.416 e. The second-order valence-corrected chi connectivity index (χ2v) is 4.39. The van der Waals surface area contributed by atoms with Crippen molar-refractivity contribution >= 4 is 0 Å². The predicted octanol–water partition coefficient (Wildman–Crippen LogP) is 2.67. The molecule has 17 heavy (non-hydrogen) atoms. The molecule has 1 aliphatic heterocycles. The minimum atomic E-state index is -4.33. The van der Waals surface area contributed by atoms with Gasteiger partial charge in [-0.15, -0.1) is 0 Å². The minimum absolute atomic E-state index is 0.272. The number of hydrogen-bond acceptors (Lipinski definition) is 2. The molecule has 94 valence electrons. The second kappa shape index (κ2) is 4.31. The van der Waals surface area contributed by atoms with Gasteiger partial charge in [0.15, 0.2) is 0 Å². The highest BCUT2D eigenvalue weighted by Crippen LogP contribution is 2.33. The summed E-state index contributed by atoms with van der Waals surface area (Å²) in [5, 5.41) is 0. The van der Waals surface area contributed by atoms with E-state index in [1.54, 1.807) is 6.07 Å². The summed E-state index contributed by atoms with van der Waals surface area (Å²) in [6.07, 6.45) is -2.91. The van der Waals surface area contributed by atoms with Crippen molar-refractivity contribution < 1.29 is 17.9 Å². The lowest BCUT2D eigenvalue weighted by atomic mass is 9.85. The second-order valence-electron chi connectivity index (χ2n) is 4.39. The molecule has 1 atom stereocenters. The number of alkyl halides is 3. The molecule has 1 aliphatic rings. The van der Waals surface area contributed by atoms with Crippen molar-refractivity contribution in [1.82, 2.24) is 0 Å². The fraction of sp³-hybridized carbons (Fsp3) is 0.500. The van der Waals surface area contributed by atoms with Gasteiger partial charge < -0.3 is 10.5 Å². The van der Waals surface area contributed by atoms with E-state index in [0.717, 1.165) is 18.6 Å². The molecule has 0 saturated carbocycles. The zero-order valence-electron chi connectivity index (χ0n) is 9.26. The van der Waals surface area contributed by atoms with Crippen LogP contribution in [0.25, 0.3) is 0 Å². The zero-order valence-corrected chi connectivity index (χ0v) is 9.26. The van der Waals surface area contributed by atoms with Gasteiger partial charge in [0.05, 0.1) is 17.7 Å². The number of rotatable bonds is 1. The third-order valence-corrected chi connectivity index (χ3v) is 3.04. The van der Waals surface area contributed by atoms with Gasteiger partial charge in [-0.1, -0.05) is 12.1 Å². The number of benzene rings is 1. The van der Waals surface area contributed by atoms with Crippen molar-refractivity contribution in [2.45, 2.75) is 24.6 Å². The Balaban J connectivity index is 2.32. The molecule has 1 saturated heterocycles. The van der Waals surface area contributed by atoms with Gasteiger partial charge in [0.25, 0.3) is 0 Å². The maximum absolute atomic E-state index is 12.6. The molecule has 1 aromatic rings. The van der Waals surface area contributed by atoms with E-state index in [0.29, 0.717) is 18.6 Å². The van der Waals surface area contributed by atoms with E-state index in [1.807, 2.05) is 0 Å². The molecule has 0 aromatic heterocycles. The fourth-order valence-electron chi connectivity index (χ4n) is 2.05. The van der Waals surface area contributed by atoms with Gasteiger partial charge in [0.2, 0.25) is 0 Å². The number of halogens is 3. The summed E-state index contributed by atoms with van der Waals surface area (Å²) in [5.74, 6) is 0. The van der Waals surface area contributed by atoms with E-state index in [9.17, 15) is 13.2 Å². The Bertz CT molecular complexity index is 397. The Morgan fingerprint density at radius 1 is 1.29 bits per heavy atom. The largest absolute Gasteiger partial charge is 0.416 e. The Kier molecular flexibility index (Phi) is 3.14. The van der Waals surface area contributed by atoms with Crippen molar-refractivity contribution in [1.29, 1.82) is 0 Å². The molecule has 0 amide bonds. The quantitative estimate of drug-likeness (QED) is 0.825. The SMILES string of the molecule is NC1(c2cccc(C(F)(F)F)c2)CCCOC1. The van der Waals surface area contributed by atoms with E-state index in [2.05, 4.69) is 0 Å². The van der Waals surface area contributed by atoms with E-state index >= 15 is 0 Å². The average Bonchev–Trinajstić information content (AvgIpc) is 2.29. The van der Waals surface area contributed by atoms with Gasteiger partial charge in [-0.05, 0) is 30.5 Å². The fourth-order valence-corrected chi connectivity index (χ4v) is 2.05. The van der Waals surface area contributed by atoms with Gasteiger partial charge in [0.1, 0.15) is 0 Å². The summed E-state index contributed by atoms with van der Waals surface area (Å²) in [5.41, 5.74) is 5.14. The molecule has 0 bridgehead atoms. The zero-order chi connectivity index (χ0) is 12.5. The highest BCUT2D eigenvalue weighted by Gasteiger charge is 2.34. The van der Waals surface area contributed by atoms with Gasteiger partial charge in [-0.2, -0.15) is 13.2 Å². The molecule has 2 nitrogen and oxygen atoms in total. The first-order valence-corrected chi connectivity index (χ1v) is 5.46. The van der Waals surface area contributed by atoms with Crippen molar-refractivity contribution in [2.24, 2.45) is 5.73 Å². The third kappa shape index (κ3) is 2.61. The van der Waals surface area contributed by atoms with Crippen molar-refractivity contribution in [3.05, 3.63) is 35.4 Å². The molecule has 2 N–H and O–H groups in total. The molecule has 0 aliphatic carbocycles. The molecule has 2 rings (SSSR count). The Morgan fingerprint density at radius 3 is 2.65 bits per heavy atom. The van der Waals surface area contributed by atoms with Crippen LogP contribution in [-0.4, -0.2) is 13.2 Å². The first-order valence-electron chi connectivity index (χ1n) is 5.46. The van der Waals surface area contributed by atoms with Crippen LogP contribution in [0.1, 0.15) is 24.0 Å². The van der Waals surface area contributed by atoms with Gasteiger partial charge in [-0.3, -0.25) is 0 Å². The first-order chi connectivity index (χ1) is 7.92. The van der Waals surface area contributed by atoms with Crippen molar-refractivity contribution in [3.63, 3.8) is 0 Å². The number of ether oxygens (including phenoxy) is 1. The molecule has 1 fully saturated rings. The Labute approximate surface area is 97.6 Å². The lowest BCUT2D eigenvalue weighted by Gasteiger charge is -2.34. The lowest BCUT2D eigenvalue weighted by molar-refractivity contribution is -0.137. The van der Waals surface area contributed by atoms with Crippen LogP contribution in [0.5, 0.6) is 0 Å². The number of hydrogen-bond donors (Lipinski definition) is 1. The topological polar surface area (TPSA) is 35.2 Å². The van der Waals surface area contributed by atoms with Gasteiger partial charge >= 0.3 is 6.18 Å². The Morgan fingerprint density at radius 2 is 2.06 bits per heavy atom. The molecule has 0 spiro atoms. The molecular formula is C12H14F3NO. The number of nitrogens with two attached hydrogens (primary N) is 1. The summed E-state index contributed by atoms with van der Waals surface area (Å²) in [4.78, 5) is 0. The lowest BCUT2D eigenvalue weighted by Crippen LogP contribution is -2.44. The Hall–Kier alpha value is -1.07. The molecule has 0 radical (unpaired) electrons. The minimum Gasteiger partial charge on any atom is -0.379 e. The van der Waals surface area contributed by atoms with E-state index in [1.165, 1.54) is 6.07 Å². The van der Waals surface area contributed by atoms with Gasteiger partial charge in [0, 0.05) is 6.61 Å². The molecule has 1 unspecified atom stereocenters. The summed E-state index contributed by atoms with van der Waals surface area (Å²) in [7, 11) is 0. The van der Waals surface area contributed by atoms with Crippen LogP contribution < -0.4 is 5.73 Å². The standard InChI is InChI=1S/C12H14F3NO/c13-12(14,15)10-4-1-3-9(7-10)11(16)5-2-6-17-8-11/h1,3-4,7H,2,5-6,8,16H2. The van der Waals surface area contributed by atoms with Crippen LogP contribution >= 0.6 is 0 Å². The van der Waals surface area contributed by atoms with Crippen LogP contribution in [-0.2, 0) is 16.5 Å². The maximum atomic E-state index is 12.6. The van der Waals surface area contributed by atoms with E-state index < -0.39 is 17.3 Å². The smallest absolute Gasteiger partial charge is 0.379 e. The van der Waals surface area contributed by atoms with Crippen LogP contribution in [0.2, 0.25) is 0 Å². The predicted molar refractivity (Wildman–Crippen MR) is 57.4 cm³/mol. The van der Waals surface area contributed by atoms with Crippen LogP contribution in [0.4, 0.5) is 13.2 Å². The monoisotopic (exact) mass is 245 g/mol. The van der Waals surface area contributed by atoms with E-state index in [4.69, 9.17) is 10.5 Å². The van der Waals surface area contributed by atoms with Crippen molar-refractivity contribution in [2.75, 3.05) is 13.2 Å². The van der Waals surface area contributed by atoms with Crippen LogP contribution in [0.15, 0.2) is 24.3 Å². The molecule has 1 aromatic carbocycles. The average molecular weight is 245 g/mol. The molecule has 1 heterocycles. The third-order valence-electron chi connectivity index (χ3n) is 3.04. The normalized spacial score (nSPS) is 25.9. The van der Waals surface area contributed by atoms with E-state index in [-0.39, 0.29) is 6.61 Å². The van der Waals surface area contributed by atoms with Crippen LogP contribution in [0.3, 0.4) is 0 Å². The molecule has 5 heteroatoms. The summed E-state index contributed by atoms with van der Waals surface area (Å²) >= 11 is 0. The highest BCUT2D eigenvalue weighted by molar-refractivity contribution is 5.31. The summed E-state index contributed by atoms with van der Waals surface area (Å²) in [6, 6.07) is 5.19. The van der Waals surface area contributed by atoms with Crippen LogP contribution in [0, 0.1) is 0 Å². The summed E-state index contributed by atoms with van der Waals surface area (Å²) in [6.45, 7) is 0.895. The summed E-state index contributed by atoms with van der Waals surface area (Å²) < 4.78 is 43.0. The van der Waals surface area contributed by atoms with Crippen molar-refractivity contribution in [3.8, 4) is 0 Å². The molecular weight excluding hydrogens is 231 g/mol. The first kappa shape index (κ1) is 12.4. The highest BCUT2D eigenvalue weighted by atomic mass is 19.4. The van der Waals surface area contributed by atoms with Gasteiger partial charge in [-0.25, -0.2) is 0 Å².